The molecule has 0 saturated heterocycles. The summed E-state index contributed by atoms with van der Waals surface area (Å²) in [4.78, 5) is 0. The molecule has 0 aliphatic rings. The van der Waals surface area contributed by atoms with E-state index in [9.17, 15) is 10.2 Å². The molecule has 19 heavy (non-hydrogen) atoms. The molecule has 0 heterocycles. The van der Waals surface area contributed by atoms with Gasteiger partial charge in [0.15, 0.2) is 0 Å². The predicted octanol–water partition coefficient (Wildman–Crippen LogP) is 4.51. The zero-order valence-electron chi connectivity index (χ0n) is 10.7. The molecule has 0 aliphatic heterocycles. The summed E-state index contributed by atoms with van der Waals surface area (Å²) in [6.45, 7) is 5.74. The standard InChI is InChI=1S/C12H16Br3NO2.ClH/c1-12(2,3)11(18)9(16)7-5(13)4-6(14)10(17)8(7)15;/h4,9,11,17-18H,16H2,1-3H3;1H/t9-,11-;/m0./s1. The quantitative estimate of drug-likeness (QED) is 0.581. The number of aliphatic hydroxyl groups is 1. The second kappa shape index (κ2) is 7.09. The summed E-state index contributed by atoms with van der Waals surface area (Å²) in [5.74, 6) is 0.0739. The summed E-state index contributed by atoms with van der Waals surface area (Å²) in [5.41, 5.74) is 6.41. The third-order valence-electron chi connectivity index (χ3n) is 2.74. The molecular weight excluding hydrogens is 465 g/mol. The van der Waals surface area contributed by atoms with Gasteiger partial charge in [-0.1, -0.05) is 36.7 Å². The molecule has 1 aromatic carbocycles. The Balaban J connectivity index is 0.00000324. The number of aliphatic hydroxyl groups excluding tert-OH is 1. The smallest absolute Gasteiger partial charge is 0.144 e. The molecular formula is C12H17Br3ClNO2. The molecule has 1 aromatic rings. The number of nitrogens with two attached hydrogens (primary N) is 1. The highest BCUT2D eigenvalue weighted by Crippen LogP contribution is 2.43. The van der Waals surface area contributed by atoms with Crippen molar-refractivity contribution in [3.63, 3.8) is 0 Å². The van der Waals surface area contributed by atoms with Crippen LogP contribution in [0.25, 0.3) is 0 Å². The fourth-order valence-electron chi connectivity index (χ4n) is 1.60. The maximum absolute atomic E-state index is 10.3. The molecule has 0 unspecified atom stereocenters. The lowest BCUT2D eigenvalue weighted by Gasteiger charge is -2.32. The third-order valence-corrected chi connectivity index (χ3v) is 4.81. The van der Waals surface area contributed by atoms with Crippen molar-refractivity contribution in [3.8, 4) is 5.75 Å². The summed E-state index contributed by atoms with van der Waals surface area (Å²) < 4.78 is 1.77. The molecule has 0 aromatic heterocycles. The van der Waals surface area contributed by atoms with Gasteiger partial charge in [-0.05, 0) is 43.3 Å². The SMILES string of the molecule is CC(C)(C)[C@@H](O)[C@@H](N)c1c(Br)cc(Br)c(O)c1Br.Cl. The van der Waals surface area contributed by atoms with Gasteiger partial charge in [0.25, 0.3) is 0 Å². The largest absolute Gasteiger partial charge is 0.506 e. The Morgan fingerprint density at radius 3 is 2.05 bits per heavy atom. The van der Waals surface area contributed by atoms with Crippen molar-refractivity contribution in [2.24, 2.45) is 11.1 Å². The summed E-state index contributed by atoms with van der Waals surface area (Å²) in [6, 6.07) is 1.11. The van der Waals surface area contributed by atoms with Crippen molar-refractivity contribution in [2.75, 3.05) is 0 Å². The molecule has 0 aliphatic carbocycles. The molecule has 1 rings (SSSR count). The van der Waals surface area contributed by atoms with Crippen molar-refractivity contribution in [1.29, 1.82) is 0 Å². The lowest BCUT2D eigenvalue weighted by Crippen LogP contribution is -2.37. The van der Waals surface area contributed by atoms with E-state index in [1.54, 1.807) is 6.07 Å². The van der Waals surface area contributed by atoms with Gasteiger partial charge in [-0.2, -0.15) is 0 Å². The van der Waals surface area contributed by atoms with E-state index in [1.165, 1.54) is 0 Å². The molecule has 0 fully saturated rings. The topological polar surface area (TPSA) is 66.5 Å². The lowest BCUT2D eigenvalue weighted by molar-refractivity contribution is 0.0397. The van der Waals surface area contributed by atoms with E-state index < -0.39 is 12.1 Å². The van der Waals surface area contributed by atoms with Crippen LogP contribution >= 0.6 is 60.2 Å². The maximum Gasteiger partial charge on any atom is 0.144 e. The van der Waals surface area contributed by atoms with Gasteiger partial charge in [-0.15, -0.1) is 12.4 Å². The monoisotopic (exact) mass is 479 g/mol. The number of phenols is 1. The predicted molar refractivity (Wildman–Crippen MR) is 90.8 cm³/mol. The Kier molecular flexibility index (Phi) is 7.34. The second-order valence-corrected chi connectivity index (χ2v) is 7.75. The number of benzene rings is 1. The van der Waals surface area contributed by atoms with E-state index in [2.05, 4.69) is 47.8 Å². The first-order chi connectivity index (χ1) is 8.07. The summed E-state index contributed by atoms with van der Waals surface area (Å²) >= 11 is 9.97. The zero-order valence-corrected chi connectivity index (χ0v) is 16.3. The van der Waals surface area contributed by atoms with Gasteiger partial charge in [0, 0.05) is 10.0 Å². The van der Waals surface area contributed by atoms with E-state index in [4.69, 9.17) is 5.73 Å². The van der Waals surface area contributed by atoms with Crippen LogP contribution in [0.15, 0.2) is 19.5 Å². The first kappa shape index (κ1) is 19.7. The third kappa shape index (κ3) is 4.32. The van der Waals surface area contributed by atoms with Crippen LogP contribution in [0.2, 0.25) is 0 Å². The Bertz CT molecular complexity index is 463. The summed E-state index contributed by atoms with van der Waals surface area (Å²) in [7, 11) is 0. The number of halogens is 4. The molecule has 0 radical (unpaired) electrons. The summed E-state index contributed by atoms with van der Waals surface area (Å²) in [6.07, 6.45) is -0.731. The molecule has 3 nitrogen and oxygen atoms in total. The molecule has 7 heteroatoms. The average Bonchev–Trinajstić information content (AvgIpc) is 2.23. The Morgan fingerprint density at radius 2 is 1.63 bits per heavy atom. The van der Waals surface area contributed by atoms with E-state index in [0.717, 1.165) is 4.47 Å². The highest BCUT2D eigenvalue weighted by atomic mass is 79.9. The first-order valence-corrected chi connectivity index (χ1v) is 7.75. The van der Waals surface area contributed by atoms with Crippen LogP contribution in [0.5, 0.6) is 5.75 Å². The van der Waals surface area contributed by atoms with Crippen LogP contribution in [0.1, 0.15) is 32.4 Å². The minimum absolute atomic E-state index is 0. The molecule has 0 spiro atoms. The molecule has 0 saturated carbocycles. The number of rotatable bonds is 2. The number of hydrogen-bond donors (Lipinski definition) is 3. The highest BCUT2D eigenvalue weighted by Gasteiger charge is 2.32. The van der Waals surface area contributed by atoms with E-state index >= 15 is 0 Å². The second-order valence-electron chi connectivity index (χ2n) is 5.25. The van der Waals surface area contributed by atoms with Crippen molar-refractivity contribution in [3.05, 3.63) is 25.0 Å². The van der Waals surface area contributed by atoms with Crippen LogP contribution in [0.4, 0.5) is 0 Å². The molecule has 0 amide bonds. The minimum Gasteiger partial charge on any atom is -0.506 e. The van der Waals surface area contributed by atoms with Crippen molar-refractivity contribution < 1.29 is 10.2 Å². The fourth-order valence-corrected chi connectivity index (χ4v) is 4.25. The van der Waals surface area contributed by atoms with Crippen LogP contribution in [-0.4, -0.2) is 16.3 Å². The number of aromatic hydroxyl groups is 1. The van der Waals surface area contributed by atoms with Crippen LogP contribution in [0, 0.1) is 5.41 Å². The van der Waals surface area contributed by atoms with Gasteiger partial charge >= 0.3 is 0 Å². The zero-order chi connectivity index (χ0) is 14.2. The van der Waals surface area contributed by atoms with E-state index in [-0.39, 0.29) is 23.6 Å². The highest BCUT2D eigenvalue weighted by molar-refractivity contribution is 9.11. The normalized spacial score (nSPS) is 14.7. The fraction of sp³-hybridized carbons (Fsp3) is 0.500. The number of hydrogen-bond acceptors (Lipinski definition) is 3. The molecule has 2 atom stereocenters. The van der Waals surface area contributed by atoms with Crippen LogP contribution in [0.3, 0.4) is 0 Å². The molecule has 0 bridgehead atoms. The first-order valence-electron chi connectivity index (χ1n) is 5.37. The summed E-state index contributed by atoms with van der Waals surface area (Å²) in [5, 5.41) is 20.1. The average molecular weight is 482 g/mol. The van der Waals surface area contributed by atoms with Gasteiger partial charge in [0.05, 0.1) is 21.1 Å². The van der Waals surface area contributed by atoms with Gasteiger partial charge in [0.1, 0.15) is 5.75 Å². The maximum atomic E-state index is 10.3. The van der Waals surface area contributed by atoms with Crippen LogP contribution in [-0.2, 0) is 0 Å². The van der Waals surface area contributed by atoms with Gasteiger partial charge < -0.3 is 15.9 Å². The minimum atomic E-state index is -0.731. The van der Waals surface area contributed by atoms with Gasteiger partial charge in [-0.3, -0.25) is 0 Å². The lowest BCUT2D eigenvalue weighted by atomic mass is 9.82. The Labute approximate surface area is 144 Å². The van der Waals surface area contributed by atoms with Crippen molar-refractivity contribution in [1.82, 2.24) is 0 Å². The van der Waals surface area contributed by atoms with Gasteiger partial charge in [-0.25, -0.2) is 0 Å². The van der Waals surface area contributed by atoms with Crippen LogP contribution < -0.4 is 5.73 Å². The Hall–Kier alpha value is 0.670. The number of phenolic OH excluding ortho intramolecular Hbond substituents is 1. The van der Waals surface area contributed by atoms with Gasteiger partial charge in [0.2, 0.25) is 0 Å². The van der Waals surface area contributed by atoms with E-state index in [0.29, 0.717) is 14.5 Å². The molecule has 4 N–H and O–H groups in total. The Morgan fingerprint density at radius 1 is 1.16 bits per heavy atom. The van der Waals surface area contributed by atoms with Crippen molar-refractivity contribution in [2.45, 2.75) is 32.9 Å². The van der Waals surface area contributed by atoms with Crippen molar-refractivity contribution >= 4 is 60.2 Å². The van der Waals surface area contributed by atoms with E-state index in [1.807, 2.05) is 20.8 Å². The molecule has 110 valence electrons.